The van der Waals surface area contributed by atoms with Gasteiger partial charge >= 0.3 is 5.91 Å². The van der Waals surface area contributed by atoms with Crippen LogP contribution in [0.25, 0.3) is 5.76 Å². The molecule has 214 valence electrons. The number of benzene rings is 4. The van der Waals surface area contributed by atoms with Gasteiger partial charge in [-0.05, 0) is 53.4 Å². The van der Waals surface area contributed by atoms with Crippen LogP contribution in [0.5, 0.6) is 5.75 Å². The minimum absolute atomic E-state index is 0.00142. The molecule has 1 unspecified atom stereocenters. The van der Waals surface area contributed by atoms with Crippen molar-refractivity contribution < 1.29 is 19.4 Å². The zero-order valence-electron chi connectivity index (χ0n) is 23.2. The molecule has 7 nitrogen and oxygen atoms in total. The highest BCUT2D eigenvalue weighted by molar-refractivity contribution is 8.00. The number of ketones is 1. The SMILES string of the molecule is Cc1ccccc1COc1ccc(C(O)=C2C(=O)C(=O)N(c3nnc(SCc4ccccc4)s3)C2c2ccccc2)cc1. The quantitative estimate of drug-likeness (QED) is 0.0618. The van der Waals surface area contributed by atoms with Crippen molar-refractivity contribution in [2.45, 2.75) is 29.7 Å². The highest BCUT2D eigenvalue weighted by Gasteiger charge is 2.48. The molecule has 2 heterocycles. The van der Waals surface area contributed by atoms with Gasteiger partial charge in [0.25, 0.3) is 5.78 Å². The van der Waals surface area contributed by atoms with Gasteiger partial charge in [0, 0.05) is 11.3 Å². The number of aliphatic hydroxyl groups excluding tert-OH is 1. The molecule has 0 bridgehead atoms. The lowest BCUT2D eigenvalue weighted by Crippen LogP contribution is -2.29. The lowest BCUT2D eigenvalue weighted by atomic mass is 9.95. The van der Waals surface area contributed by atoms with E-state index in [4.69, 9.17) is 4.74 Å². The van der Waals surface area contributed by atoms with Gasteiger partial charge in [-0.15, -0.1) is 10.2 Å². The largest absolute Gasteiger partial charge is 0.507 e. The standard InChI is InChI=1S/C34H27N3O4S2/c1-22-10-8-9-15-26(22)20-41-27-18-16-25(17-19-27)30(38)28-29(24-13-6-3-7-14-24)37(32(40)31(28)39)33-35-36-34(43-33)42-21-23-11-4-2-5-12-23/h2-19,29,38H,20-21H2,1H3. The van der Waals surface area contributed by atoms with Crippen molar-refractivity contribution in [2.24, 2.45) is 0 Å². The fourth-order valence-corrected chi connectivity index (χ4v) is 6.68. The maximum absolute atomic E-state index is 13.5. The van der Waals surface area contributed by atoms with Crippen molar-refractivity contribution in [3.63, 3.8) is 0 Å². The summed E-state index contributed by atoms with van der Waals surface area (Å²) in [6, 6.07) is 33.1. The van der Waals surface area contributed by atoms with Crippen LogP contribution in [0.15, 0.2) is 119 Å². The van der Waals surface area contributed by atoms with E-state index >= 15 is 0 Å². The number of nitrogens with zero attached hydrogens (tertiary/aromatic N) is 3. The molecule has 1 aliphatic rings. The molecule has 0 aliphatic carbocycles. The Labute approximate surface area is 257 Å². The second-order valence-corrected chi connectivity index (χ2v) is 12.1. The molecule has 1 fully saturated rings. The average molecular weight is 606 g/mol. The number of rotatable bonds is 9. The van der Waals surface area contributed by atoms with E-state index in [1.807, 2.05) is 91.9 Å². The molecule has 1 saturated heterocycles. The molecule has 0 saturated carbocycles. The van der Waals surface area contributed by atoms with Crippen LogP contribution in [-0.2, 0) is 21.9 Å². The number of anilines is 1. The highest BCUT2D eigenvalue weighted by Crippen LogP contribution is 2.44. The van der Waals surface area contributed by atoms with Gasteiger partial charge in [0.2, 0.25) is 5.13 Å². The summed E-state index contributed by atoms with van der Waals surface area (Å²) < 4.78 is 6.62. The van der Waals surface area contributed by atoms with Crippen molar-refractivity contribution in [3.05, 3.63) is 143 Å². The number of carbonyl (C=O) groups excluding carboxylic acids is 2. The topological polar surface area (TPSA) is 92.6 Å². The van der Waals surface area contributed by atoms with Crippen molar-refractivity contribution in [2.75, 3.05) is 4.90 Å². The molecule has 4 aromatic carbocycles. The number of aromatic nitrogens is 2. The van der Waals surface area contributed by atoms with Gasteiger partial charge in [-0.2, -0.15) is 0 Å². The maximum Gasteiger partial charge on any atom is 0.301 e. The van der Waals surface area contributed by atoms with Crippen LogP contribution in [0, 0.1) is 6.92 Å². The van der Waals surface area contributed by atoms with Crippen LogP contribution in [0.1, 0.15) is 33.9 Å². The molecular formula is C34H27N3O4S2. The first kappa shape index (κ1) is 28.4. The first-order chi connectivity index (χ1) is 21.0. The molecule has 0 radical (unpaired) electrons. The third kappa shape index (κ3) is 6.09. The first-order valence-electron chi connectivity index (χ1n) is 13.6. The molecule has 1 aliphatic heterocycles. The summed E-state index contributed by atoms with van der Waals surface area (Å²) in [4.78, 5) is 28.3. The van der Waals surface area contributed by atoms with E-state index in [-0.39, 0.29) is 11.3 Å². The molecule has 43 heavy (non-hydrogen) atoms. The number of Topliss-reactive ketones (excluding diaryl/α,β-unsaturated/α-hetero) is 1. The number of aryl methyl sites for hydroxylation is 1. The minimum Gasteiger partial charge on any atom is -0.507 e. The summed E-state index contributed by atoms with van der Waals surface area (Å²) >= 11 is 2.75. The Balaban J connectivity index is 1.29. The fraction of sp³-hybridized carbons (Fsp3) is 0.118. The van der Waals surface area contributed by atoms with Gasteiger partial charge in [-0.25, -0.2) is 0 Å². The summed E-state index contributed by atoms with van der Waals surface area (Å²) in [5.74, 6) is -0.483. The Hall–Kier alpha value is -4.73. The van der Waals surface area contributed by atoms with E-state index in [0.717, 1.165) is 16.7 Å². The lowest BCUT2D eigenvalue weighted by molar-refractivity contribution is -0.132. The van der Waals surface area contributed by atoms with Crippen LogP contribution in [-0.4, -0.2) is 27.0 Å². The number of carbonyl (C=O) groups is 2. The zero-order chi connectivity index (χ0) is 29.8. The second-order valence-electron chi connectivity index (χ2n) is 9.94. The highest BCUT2D eigenvalue weighted by atomic mass is 32.2. The Kier molecular flexibility index (Phi) is 8.35. The monoisotopic (exact) mass is 605 g/mol. The second kappa shape index (κ2) is 12.6. The lowest BCUT2D eigenvalue weighted by Gasteiger charge is -2.22. The number of hydrogen-bond donors (Lipinski definition) is 1. The van der Waals surface area contributed by atoms with Crippen molar-refractivity contribution in [3.8, 4) is 5.75 Å². The maximum atomic E-state index is 13.5. The first-order valence-corrected chi connectivity index (χ1v) is 15.4. The molecule has 5 aromatic rings. The van der Waals surface area contributed by atoms with Crippen LogP contribution in [0.4, 0.5) is 5.13 Å². The fourth-order valence-electron chi connectivity index (χ4n) is 4.86. The predicted molar refractivity (Wildman–Crippen MR) is 169 cm³/mol. The normalized spacial score (nSPS) is 16.0. The number of aliphatic hydroxyl groups is 1. The van der Waals surface area contributed by atoms with Crippen LogP contribution in [0.2, 0.25) is 0 Å². The van der Waals surface area contributed by atoms with E-state index < -0.39 is 17.7 Å². The zero-order valence-corrected chi connectivity index (χ0v) is 24.8. The van der Waals surface area contributed by atoms with Crippen LogP contribution in [0.3, 0.4) is 0 Å². The molecule has 1 N–H and O–H groups in total. The van der Waals surface area contributed by atoms with Crippen LogP contribution >= 0.6 is 23.1 Å². The Morgan fingerprint density at radius 3 is 2.28 bits per heavy atom. The summed E-state index contributed by atoms with van der Waals surface area (Å²) in [5, 5.41) is 20.3. The molecule has 6 rings (SSSR count). The molecule has 0 spiro atoms. The van der Waals surface area contributed by atoms with Crippen molar-refractivity contribution in [1.29, 1.82) is 0 Å². The van der Waals surface area contributed by atoms with Gasteiger partial charge in [0.15, 0.2) is 4.34 Å². The molecule has 9 heteroatoms. The third-order valence-corrected chi connectivity index (χ3v) is 9.28. The molecular weight excluding hydrogens is 579 g/mol. The van der Waals surface area contributed by atoms with E-state index in [9.17, 15) is 14.7 Å². The summed E-state index contributed by atoms with van der Waals surface area (Å²) in [7, 11) is 0. The molecule has 1 aromatic heterocycles. The summed E-state index contributed by atoms with van der Waals surface area (Å²) in [5.41, 5.74) is 4.43. The van der Waals surface area contributed by atoms with E-state index in [1.54, 1.807) is 24.3 Å². The minimum atomic E-state index is -0.863. The summed E-state index contributed by atoms with van der Waals surface area (Å²) in [6.07, 6.45) is 0. The third-order valence-electron chi connectivity index (χ3n) is 7.15. The molecule has 1 atom stereocenters. The van der Waals surface area contributed by atoms with Gasteiger partial charge in [-0.3, -0.25) is 14.5 Å². The Bertz CT molecular complexity index is 1790. The van der Waals surface area contributed by atoms with E-state index in [0.29, 0.717) is 38.7 Å². The number of hydrogen-bond acceptors (Lipinski definition) is 8. The Morgan fingerprint density at radius 2 is 1.56 bits per heavy atom. The number of ether oxygens (including phenoxy) is 1. The Morgan fingerprint density at radius 1 is 0.884 bits per heavy atom. The smallest absolute Gasteiger partial charge is 0.301 e. The van der Waals surface area contributed by atoms with Crippen molar-refractivity contribution >= 4 is 45.7 Å². The van der Waals surface area contributed by atoms with E-state index in [2.05, 4.69) is 10.2 Å². The van der Waals surface area contributed by atoms with Gasteiger partial charge in [0.1, 0.15) is 18.1 Å². The summed E-state index contributed by atoms with van der Waals surface area (Å²) in [6.45, 7) is 2.44. The number of thioether (sulfide) groups is 1. The van der Waals surface area contributed by atoms with Gasteiger partial charge in [0.05, 0.1) is 11.6 Å². The predicted octanol–water partition coefficient (Wildman–Crippen LogP) is 7.34. The van der Waals surface area contributed by atoms with Crippen molar-refractivity contribution in [1.82, 2.24) is 10.2 Å². The molecule has 1 amide bonds. The van der Waals surface area contributed by atoms with Gasteiger partial charge < -0.3 is 9.84 Å². The van der Waals surface area contributed by atoms with E-state index in [1.165, 1.54) is 28.0 Å². The van der Waals surface area contributed by atoms with Gasteiger partial charge in [-0.1, -0.05) is 108 Å². The number of amides is 1. The van der Waals surface area contributed by atoms with Crippen LogP contribution < -0.4 is 9.64 Å². The average Bonchev–Trinajstić information content (AvgIpc) is 3.62.